The van der Waals surface area contributed by atoms with E-state index in [0.717, 1.165) is 21.6 Å². The molecule has 0 aliphatic heterocycles. The van der Waals surface area contributed by atoms with E-state index in [0.29, 0.717) is 0 Å². The van der Waals surface area contributed by atoms with Gasteiger partial charge in [-0.25, -0.2) is 0 Å². The van der Waals surface area contributed by atoms with Crippen LogP contribution >= 0.6 is 0 Å². The van der Waals surface area contributed by atoms with E-state index < -0.39 is 0 Å². The maximum Gasteiger partial charge on any atom is 0.131 e. The zero-order chi connectivity index (χ0) is 9.97. The number of aromatic nitrogens is 1. The SMILES string of the molecule is C=c1ccc(-c2cnoc2)c/c1=C/C. The van der Waals surface area contributed by atoms with Crippen molar-refractivity contribution in [1.29, 1.82) is 0 Å². The van der Waals surface area contributed by atoms with Crippen LogP contribution in [0.3, 0.4) is 0 Å². The number of hydrogen-bond donors (Lipinski definition) is 0. The van der Waals surface area contributed by atoms with Gasteiger partial charge in [-0.1, -0.05) is 29.9 Å². The van der Waals surface area contributed by atoms with E-state index in [1.54, 1.807) is 12.5 Å². The van der Waals surface area contributed by atoms with Crippen molar-refractivity contribution >= 4 is 12.7 Å². The van der Waals surface area contributed by atoms with Gasteiger partial charge in [0.05, 0.1) is 6.20 Å². The maximum atomic E-state index is 4.80. The van der Waals surface area contributed by atoms with E-state index in [-0.39, 0.29) is 0 Å². The quantitative estimate of drug-likeness (QED) is 0.673. The second-order valence-electron chi connectivity index (χ2n) is 3.12. The molecule has 0 aliphatic rings. The molecule has 0 N–H and O–H groups in total. The number of benzene rings is 1. The molecule has 0 amide bonds. The minimum absolute atomic E-state index is 0.994. The zero-order valence-electron chi connectivity index (χ0n) is 8.03. The van der Waals surface area contributed by atoms with Gasteiger partial charge in [0.2, 0.25) is 0 Å². The lowest BCUT2D eigenvalue weighted by molar-refractivity contribution is 0.420. The Labute approximate surface area is 82.2 Å². The molecule has 0 radical (unpaired) electrons. The molecular formula is C12H11NO. The van der Waals surface area contributed by atoms with Crippen molar-refractivity contribution in [3.63, 3.8) is 0 Å². The summed E-state index contributed by atoms with van der Waals surface area (Å²) in [5.41, 5.74) is 2.10. The molecule has 0 atom stereocenters. The van der Waals surface area contributed by atoms with Gasteiger partial charge in [0.15, 0.2) is 0 Å². The Bertz CT molecular complexity index is 526. The minimum atomic E-state index is 0.994. The normalized spacial score (nSPS) is 11.9. The second kappa shape index (κ2) is 3.50. The van der Waals surface area contributed by atoms with Crippen LogP contribution in [0.2, 0.25) is 0 Å². The number of hydrogen-bond acceptors (Lipinski definition) is 2. The van der Waals surface area contributed by atoms with Crippen molar-refractivity contribution in [3.05, 3.63) is 41.1 Å². The first-order valence-corrected chi connectivity index (χ1v) is 4.46. The van der Waals surface area contributed by atoms with Crippen LogP contribution in [0.15, 0.2) is 35.2 Å². The summed E-state index contributed by atoms with van der Waals surface area (Å²) in [5, 5.41) is 5.85. The summed E-state index contributed by atoms with van der Waals surface area (Å²) < 4.78 is 4.80. The highest BCUT2D eigenvalue weighted by molar-refractivity contribution is 5.61. The fourth-order valence-electron chi connectivity index (χ4n) is 1.39. The summed E-state index contributed by atoms with van der Waals surface area (Å²) in [7, 11) is 0. The average Bonchev–Trinajstić information content (AvgIpc) is 2.71. The molecule has 0 unspecified atom stereocenters. The Hall–Kier alpha value is -1.83. The van der Waals surface area contributed by atoms with Crippen LogP contribution in [-0.2, 0) is 0 Å². The number of nitrogens with zero attached hydrogens (tertiary/aromatic N) is 1. The topological polar surface area (TPSA) is 26.0 Å². The third-order valence-electron chi connectivity index (χ3n) is 2.22. The summed E-state index contributed by atoms with van der Waals surface area (Å²) in [6, 6.07) is 6.09. The monoisotopic (exact) mass is 185 g/mol. The molecule has 0 spiro atoms. The smallest absolute Gasteiger partial charge is 0.131 e. The van der Waals surface area contributed by atoms with Gasteiger partial charge in [-0.3, -0.25) is 0 Å². The molecule has 0 saturated carbocycles. The van der Waals surface area contributed by atoms with Gasteiger partial charge in [-0.15, -0.1) is 0 Å². The molecule has 2 rings (SSSR count). The fourth-order valence-corrected chi connectivity index (χ4v) is 1.39. The third-order valence-corrected chi connectivity index (χ3v) is 2.22. The van der Waals surface area contributed by atoms with E-state index in [2.05, 4.69) is 17.8 Å². The van der Waals surface area contributed by atoms with Crippen LogP contribution in [0, 0.1) is 0 Å². The first kappa shape index (κ1) is 8.75. The van der Waals surface area contributed by atoms with Crippen LogP contribution in [0.4, 0.5) is 0 Å². The predicted octanol–water partition coefficient (Wildman–Crippen LogP) is 1.55. The van der Waals surface area contributed by atoms with Crippen LogP contribution in [-0.4, -0.2) is 5.16 Å². The predicted molar refractivity (Wildman–Crippen MR) is 56.9 cm³/mol. The van der Waals surface area contributed by atoms with Gasteiger partial charge in [-0.2, -0.15) is 0 Å². The van der Waals surface area contributed by atoms with Crippen molar-refractivity contribution < 1.29 is 4.52 Å². The van der Waals surface area contributed by atoms with Crippen molar-refractivity contribution in [2.45, 2.75) is 6.92 Å². The lowest BCUT2D eigenvalue weighted by Crippen LogP contribution is -2.21. The molecule has 2 nitrogen and oxygen atoms in total. The van der Waals surface area contributed by atoms with Crippen LogP contribution in [0.1, 0.15) is 6.92 Å². The highest BCUT2D eigenvalue weighted by Crippen LogP contribution is 2.14. The van der Waals surface area contributed by atoms with Gasteiger partial charge in [0.1, 0.15) is 6.26 Å². The number of rotatable bonds is 1. The Balaban J connectivity index is 2.64. The highest BCUT2D eigenvalue weighted by Gasteiger charge is 1.98. The molecule has 70 valence electrons. The standard InChI is InChI=1S/C12H11NO/c1-3-10-6-11(5-4-9(10)2)12-7-13-14-8-12/h3-8H,2H2,1H3/b10-3-. The Morgan fingerprint density at radius 3 is 2.86 bits per heavy atom. The molecule has 1 heterocycles. The average molecular weight is 185 g/mol. The largest absolute Gasteiger partial charge is 0.364 e. The van der Waals surface area contributed by atoms with Gasteiger partial charge in [-0.05, 0) is 29.0 Å². The lowest BCUT2D eigenvalue weighted by Gasteiger charge is -1.95. The summed E-state index contributed by atoms with van der Waals surface area (Å²) >= 11 is 0. The van der Waals surface area contributed by atoms with Gasteiger partial charge in [0.25, 0.3) is 0 Å². The minimum Gasteiger partial charge on any atom is -0.364 e. The molecule has 1 aromatic carbocycles. The molecule has 0 fully saturated rings. The second-order valence-corrected chi connectivity index (χ2v) is 3.12. The Kier molecular flexibility index (Phi) is 2.19. The molecule has 0 aliphatic carbocycles. The van der Waals surface area contributed by atoms with E-state index in [1.165, 1.54) is 0 Å². The van der Waals surface area contributed by atoms with E-state index in [9.17, 15) is 0 Å². The molecule has 14 heavy (non-hydrogen) atoms. The molecule has 0 saturated heterocycles. The van der Waals surface area contributed by atoms with Crippen molar-refractivity contribution in [1.82, 2.24) is 5.16 Å². The summed E-state index contributed by atoms with van der Waals surface area (Å²) in [6.07, 6.45) is 5.38. The maximum absolute atomic E-state index is 4.80. The van der Waals surface area contributed by atoms with E-state index in [4.69, 9.17) is 4.52 Å². The van der Waals surface area contributed by atoms with Crippen LogP contribution in [0.25, 0.3) is 23.8 Å². The van der Waals surface area contributed by atoms with E-state index >= 15 is 0 Å². The van der Waals surface area contributed by atoms with Crippen LogP contribution in [0.5, 0.6) is 0 Å². The van der Waals surface area contributed by atoms with Gasteiger partial charge in [0, 0.05) is 5.56 Å². The molecule has 0 bridgehead atoms. The summed E-state index contributed by atoms with van der Waals surface area (Å²) in [4.78, 5) is 0. The van der Waals surface area contributed by atoms with Crippen molar-refractivity contribution in [2.24, 2.45) is 0 Å². The zero-order valence-corrected chi connectivity index (χ0v) is 8.03. The molecule has 2 aromatic rings. The molecule has 1 aromatic heterocycles. The third kappa shape index (κ3) is 1.46. The Morgan fingerprint density at radius 2 is 2.21 bits per heavy atom. The summed E-state index contributed by atoms with van der Waals surface area (Å²) in [6.45, 7) is 5.94. The van der Waals surface area contributed by atoms with Gasteiger partial charge >= 0.3 is 0 Å². The highest BCUT2D eigenvalue weighted by atomic mass is 16.5. The van der Waals surface area contributed by atoms with Crippen LogP contribution < -0.4 is 10.4 Å². The van der Waals surface area contributed by atoms with Crippen molar-refractivity contribution in [3.8, 4) is 11.1 Å². The molecule has 2 heteroatoms. The molecular weight excluding hydrogens is 174 g/mol. The van der Waals surface area contributed by atoms with Gasteiger partial charge < -0.3 is 4.52 Å². The Morgan fingerprint density at radius 1 is 1.36 bits per heavy atom. The van der Waals surface area contributed by atoms with Crippen molar-refractivity contribution in [2.75, 3.05) is 0 Å². The first-order valence-electron chi connectivity index (χ1n) is 4.46. The fraction of sp³-hybridized carbons (Fsp3) is 0.0833. The summed E-state index contributed by atoms with van der Waals surface area (Å²) in [5.74, 6) is 0. The first-order chi connectivity index (χ1) is 6.81. The lowest BCUT2D eigenvalue weighted by atomic mass is 10.1. The van der Waals surface area contributed by atoms with E-state index in [1.807, 2.05) is 25.1 Å².